The van der Waals surface area contributed by atoms with Crippen molar-refractivity contribution in [2.45, 2.75) is 44.8 Å². The molecule has 0 aromatic carbocycles. The third kappa shape index (κ3) is 3.69. The van der Waals surface area contributed by atoms with Crippen LogP contribution in [0.5, 0.6) is 0 Å². The fraction of sp³-hybridized carbons (Fsp3) is 0.700. The van der Waals surface area contributed by atoms with Crippen molar-refractivity contribution < 1.29 is 8.42 Å². The molecule has 0 amide bonds. The summed E-state index contributed by atoms with van der Waals surface area (Å²) in [6, 6.07) is -0.190. The molecule has 1 unspecified atom stereocenters. The van der Waals surface area contributed by atoms with E-state index in [1.807, 2.05) is 6.92 Å². The first-order valence-electron chi connectivity index (χ1n) is 5.52. The third-order valence-electron chi connectivity index (χ3n) is 2.47. The minimum Gasteiger partial charge on any atom is -0.334 e. The van der Waals surface area contributed by atoms with Crippen molar-refractivity contribution in [1.82, 2.24) is 14.3 Å². The number of imidazole rings is 1. The van der Waals surface area contributed by atoms with Crippen molar-refractivity contribution >= 4 is 21.6 Å². The number of nitrogens with zero attached hydrogens (tertiary/aromatic N) is 2. The summed E-state index contributed by atoms with van der Waals surface area (Å²) in [6.07, 6.45) is 2.14. The molecule has 1 aromatic rings. The fourth-order valence-electron chi connectivity index (χ4n) is 1.48. The molecule has 0 aliphatic rings. The van der Waals surface area contributed by atoms with Crippen LogP contribution in [-0.4, -0.2) is 29.9 Å². The molecule has 0 saturated carbocycles. The van der Waals surface area contributed by atoms with Gasteiger partial charge >= 0.3 is 0 Å². The Hall–Kier alpha value is -0.590. The van der Waals surface area contributed by atoms with Crippen molar-refractivity contribution in [3.05, 3.63) is 12.0 Å². The maximum atomic E-state index is 12.0. The van der Waals surface area contributed by atoms with Gasteiger partial charge in [-0.05, 0) is 27.2 Å². The van der Waals surface area contributed by atoms with Crippen LogP contribution in [0.4, 0.5) is 0 Å². The predicted molar refractivity (Wildman–Crippen MR) is 67.8 cm³/mol. The summed E-state index contributed by atoms with van der Waals surface area (Å²) in [7, 11) is -3.53. The van der Waals surface area contributed by atoms with Gasteiger partial charge in [-0.1, -0.05) is 0 Å². The second-order valence-corrected chi connectivity index (χ2v) is 5.95. The largest absolute Gasteiger partial charge is 0.334 e. The monoisotopic (exact) mass is 279 g/mol. The Labute approximate surface area is 107 Å². The van der Waals surface area contributed by atoms with Crippen LogP contribution in [0.25, 0.3) is 0 Å². The number of halogens is 1. The molecule has 1 aromatic heterocycles. The maximum absolute atomic E-state index is 12.0. The summed E-state index contributed by atoms with van der Waals surface area (Å²) in [5.74, 6) is 1.12. The van der Waals surface area contributed by atoms with Gasteiger partial charge in [-0.2, -0.15) is 0 Å². The van der Waals surface area contributed by atoms with Crippen molar-refractivity contribution in [3.8, 4) is 0 Å². The van der Waals surface area contributed by atoms with Crippen LogP contribution in [0.1, 0.15) is 26.1 Å². The smallest absolute Gasteiger partial charge is 0.259 e. The standard InChI is InChI=1S/C10H18ClN3O2S/c1-4-14-7-10(12-9(14)3)17(15,16)13-8(2)5-6-11/h7-8,13H,4-6H2,1-3H3. The van der Waals surface area contributed by atoms with E-state index < -0.39 is 10.0 Å². The molecule has 1 atom stereocenters. The number of aryl methyl sites for hydroxylation is 2. The van der Waals surface area contributed by atoms with E-state index in [0.717, 1.165) is 0 Å². The molecule has 17 heavy (non-hydrogen) atoms. The highest BCUT2D eigenvalue weighted by molar-refractivity contribution is 7.89. The average molecular weight is 280 g/mol. The Balaban J connectivity index is 2.89. The van der Waals surface area contributed by atoms with E-state index in [1.165, 1.54) is 0 Å². The number of sulfonamides is 1. The van der Waals surface area contributed by atoms with Crippen molar-refractivity contribution in [2.75, 3.05) is 5.88 Å². The second-order valence-electron chi connectivity index (χ2n) is 3.91. The van der Waals surface area contributed by atoms with Gasteiger partial charge < -0.3 is 4.57 Å². The minimum absolute atomic E-state index is 0.0678. The molecule has 7 heteroatoms. The van der Waals surface area contributed by atoms with Gasteiger partial charge in [-0.25, -0.2) is 18.1 Å². The zero-order valence-electron chi connectivity index (χ0n) is 10.3. The summed E-state index contributed by atoms with van der Waals surface area (Å²) in [5.41, 5.74) is 0. The molecular formula is C10H18ClN3O2S. The van der Waals surface area contributed by atoms with E-state index >= 15 is 0 Å². The Morgan fingerprint density at radius 3 is 2.71 bits per heavy atom. The minimum atomic E-state index is -3.53. The van der Waals surface area contributed by atoms with Crippen molar-refractivity contribution in [2.24, 2.45) is 0 Å². The molecule has 1 heterocycles. The van der Waals surface area contributed by atoms with Crippen LogP contribution in [0.15, 0.2) is 11.2 Å². The van der Waals surface area contributed by atoms with Crippen LogP contribution in [0.3, 0.4) is 0 Å². The van der Waals surface area contributed by atoms with Crippen LogP contribution in [0, 0.1) is 6.92 Å². The van der Waals surface area contributed by atoms with E-state index in [9.17, 15) is 8.42 Å². The maximum Gasteiger partial charge on any atom is 0.259 e. The highest BCUT2D eigenvalue weighted by Crippen LogP contribution is 2.10. The first-order chi connectivity index (χ1) is 7.90. The number of rotatable bonds is 6. The molecule has 0 spiro atoms. The lowest BCUT2D eigenvalue weighted by atomic mass is 10.3. The zero-order valence-corrected chi connectivity index (χ0v) is 11.8. The summed E-state index contributed by atoms with van der Waals surface area (Å²) in [5, 5.41) is 0.0678. The predicted octanol–water partition coefficient (Wildman–Crippen LogP) is 1.51. The molecule has 0 aliphatic heterocycles. The van der Waals surface area contributed by atoms with Gasteiger partial charge in [0.05, 0.1) is 0 Å². The molecule has 1 N–H and O–H groups in total. The summed E-state index contributed by atoms with van der Waals surface area (Å²) >= 11 is 5.57. The van der Waals surface area contributed by atoms with E-state index in [0.29, 0.717) is 24.7 Å². The molecule has 98 valence electrons. The Bertz CT molecular complexity index is 470. The van der Waals surface area contributed by atoms with Gasteiger partial charge in [-0.15, -0.1) is 11.6 Å². The highest BCUT2D eigenvalue weighted by atomic mass is 35.5. The average Bonchev–Trinajstić information content (AvgIpc) is 2.59. The van der Waals surface area contributed by atoms with Crippen LogP contribution in [0.2, 0.25) is 0 Å². The van der Waals surface area contributed by atoms with Gasteiger partial charge in [0.25, 0.3) is 10.0 Å². The molecule has 0 radical (unpaired) electrons. The summed E-state index contributed by atoms with van der Waals surface area (Å²) in [4.78, 5) is 4.05. The second kappa shape index (κ2) is 5.84. The fourth-order valence-corrected chi connectivity index (χ4v) is 3.09. The SMILES string of the molecule is CCn1cc(S(=O)(=O)NC(C)CCCl)nc1C. The number of alkyl halides is 1. The topological polar surface area (TPSA) is 64.0 Å². The van der Waals surface area contributed by atoms with Gasteiger partial charge in [0.15, 0.2) is 5.03 Å². The number of aromatic nitrogens is 2. The van der Waals surface area contributed by atoms with Crippen LogP contribution < -0.4 is 4.72 Å². The van der Waals surface area contributed by atoms with E-state index in [2.05, 4.69) is 9.71 Å². The molecule has 0 saturated heterocycles. The highest BCUT2D eigenvalue weighted by Gasteiger charge is 2.20. The summed E-state index contributed by atoms with van der Waals surface area (Å²) in [6.45, 7) is 6.20. The molecular weight excluding hydrogens is 262 g/mol. The van der Waals surface area contributed by atoms with Crippen molar-refractivity contribution in [1.29, 1.82) is 0 Å². The van der Waals surface area contributed by atoms with Gasteiger partial charge in [0.2, 0.25) is 0 Å². The lowest BCUT2D eigenvalue weighted by Gasteiger charge is -2.10. The summed E-state index contributed by atoms with van der Waals surface area (Å²) < 4.78 is 28.3. The zero-order chi connectivity index (χ0) is 13.1. The Morgan fingerprint density at radius 2 is 2.24 bits per heavy atom. The van der Waals surface area contributed by atoms with Crippen LogP contribution in [-0.2, 0) is 16.6 Å². The first kappa shape index (κ1) is 14.5. The third-order valence-corrected chi connectivity index (χ3v) is 4.15. The molecule has 5 nitrogen and oxygen atoms in total. The molecule has 0 fully saturated rings. The first-order valence-corrected chi connectivity index (χ1v) is 7.54. The Morgan fingerprint density at radius 1 is 1.59 bits per heavy atom. The van der Waals surface area contributed by atoms with E-state index in [1.54, 1.807) is 24.6 Å². The molecule has 1 rings (SSSR count). The normalized spacial score (nSPS) is 13.9. The van der Waals surface area contributed by atoms with Crippen molar-refractivity contribution in [3.63, 3.8) is 0 Å². The number of hydrogen-bond acceptors (Lipinski definition) is 3. The molecule has 0 bridgehead atoms. The van der Waals surface area contributed by atoms with Gasteiger partial charge in [0, 0.05) is 24.7 Å². The number of nitrogens with one attached hydrogen (secondary N) is 1. The van der Waals surface area contributed by atoms with E-state index in [4.69, 9.17) is 11.6 Å². The number of hydrogen-bond donors (Lipinski definition) is 1. The van der Waals surface area contributed by atoms with Gasteiger partial charge in [0.1, 0.15) is 5.82 Å². The Kier molecular flexibility index (Phi) is 4.97. The quantitative estimate of drug-likeness (QED) is 0.803. The molecule has 0 aliphatic carbocycles. The van der Waals surface area contributed by atoms with Crippen LogP contribution >= 0.6 is 11.6 Å². The lowest BCUT2D eigenvalue weighted by Crippen LogP contribution is -2.33. The van der Waals surface area contributed by atoms with Gasteiger partial charge in [-0.3, -0.25) is 0 Å². The van der Waals surface area contributed by atoms with E-state index in [-0.39, 0.29) is 11.1 Å². The lowest BCUT2D eigenvalue weighted by molar-refractivity contribution is 0.553.